The third-order valence-electron chi connectivity index (χ3n) is 9.60. The molecule has 5 heteroatoms. The van der Waals surface area contributed by atoms with E-state index in [-0.39, 0.29) is 22.7 Å². The van der Waals surface area contributed by atoms with E-state index >= 15 is 0 Å². The van der Waals surface area contributed by atoms with Crippen LogP contribution >= 0.6 is 11.6 Å². The highest BCUT2D eigenvalue weighted by Crippen LogP contribution is 2.63. The number of allylic oxidation sites excluding steroid dienone is 1. The van der Waals surface area contributed by atoms with Gasteiger partial charge in [-0.15, -0.1) is 11.6 Å². The summed E-state index contributed by atoms with van der Waals surface area (Å²) >= 11 is 7.09. The molecule has 0 N–H and O–H groups in total. The zero-order chi connectivity index (χ0) is 24.1. The summed E-state index contributed by atoms with van der Waals surface area (Å²) in [5, 5.41) is 0.0747. The van der Waals surface area contributed by atoms with Crippen LogP contribution in [0.1, 0.15) is 110 Å². The molecule has 192 valence electrons. The van der Waals surface area contributed by atoms with Crippen molar-refractivity contribution in [1.82, 2.24) is 0 Å². The zero-order valence-corrected chi connectivity index (χ0v) is 22.1. The number of hydrogen-bond donors (Lipinski definition) is 0. The molecule has 34 heavy (non-hydrogen) atoms. The Morgan fingerprint density at radius 2 is 1.76 bits per heavy atom. The third kappa shape index (κ3) is 5.68. The summed E-state index contributed by atoms with van der Waals surface area (Å²) in [7, 11) is 0. The summed E-state index contributed by atoms with van der Waals surface area (Å²) < 4.78 is 11.4. The van der Waals surface area contributed by atoms with Gasteiger partial charge in [0.2, 0.25) is 0 Å². The van der Waals surface area contributed by atoms with Gasteiger partial charge in [0.25, 0.3) is 0 Å². The Balaban J connectivity index is 1.24. The fourth-order valence-corrected chi connectivity index (χ4v) is 8.58. The molecule has 4 aliphatic rings. The molecular formula is C29H45ClO4. The first kappa shape index (κ1) is 26.0. The highest BCUT2D eigenvalue weighted by molar-refractivity contribution is 6.21. The summed E-state index contributed by atoms with van der Waals surface area (Å²) in [6.45, 7) is 4.99. The number of rotatable bonds is 10. The van der Waals surface area contributed by atoms with E-state index in [0.29, 0.717) is 36.7 Å². The molecule has 4 rings (SSSR count). The van der Waals surface area contributed by atoms with E-state index in [4.69, 9.17) is 21.1 Å². The lowest BCUT2D eigenvalue weighted by atomic mass is 9.52. The first-order chi connectivity index (χ1) is 16.4. The first-order valence-electron chi connectivity index (χ1n) is 14.1. The Bertz CT molecular complexity index is 748. The van der Waals surface area contributed by atoms with Crippen molar-refractivity contribution in [2.24, 2.45) is 29.1 Å². The second-order valence-electron chi connectivity index (χ2n) is 11.7. The van der Waals surface area contributed by atoms with Crippen molar-refractivity contribution in [3.05, 3.63) is 11.6 Å². The first-order valence-corrected chi connectivity index (χ1v) is 14.6. The molecule has 0 aromatic rings. The van der Waals surface area contributed by atoms with Crippen molar-refractivity contribution in [1.29, 1.82) is 0 Å². The normalized spacial score (nSPS) is 36.8. The van der Waals surface area contributed by atoms with Crippen molar-refractivity contribution >= 4 is 23.5 Å². The van der Waals surface area contributed by atoms with Crippen molar-refractivity contribution in [2.45, 2.75) is 122 Å². The van der Waals surface area contributed by atoms with Crippen LogP contribution in [-0.4, -0.2) is 30.0 Å². The standard InChI is InChI=1S/C29H45ClO4/c1-3-4-5-6-7-8-9-10-17-33-28(32)34-26-16-15-24-23-13-11-20-18-21(31)12-14-22(20)27(23)25(30)19-29(24,26)2/h18,22-27H,3-17,19H2,1-2H3/t22-,23-,24-,25-,26-,27+,29-/m0/s1. The van der Waals surface area contributed by atoms with Gasteiger partial charge in [-0.05, 0) is 74.7 Å². The maximum atomic E-state index is 12.5. The number of carbonyl (C=O) groups excluding carboxylic acids is 2. The Kier molecular flexibility index (Phi) is 9.04. The van der Waals surface area contributed by atoms with Gasteiger partial charge in [0.05, 0.1) is 6.61 Å². The van der Waals surface area contributed by atoms with E-state index in [1.807, 2.05) is 6.08 Å². The van der Waals surface area contributed by atoms with Crippen LogP contribution in [0.25, 0.3) is 0 Å². The van der Waals surface area contributed by atoms with Gasteiger partial charge < -0.3 is 9.47 Å². The third-order valence-corrected chi connectivity index (χ3v) is 10.0. The molecule has 0 spiro atoms. The van der Waals surface area contributed by atoms with E-state index in [2.05, 4.69) is 13.8 Å². The molecule has 0 heterocycles. The molecule has 4 aliphatic carbocycles. The van der Waals surface area contributed by atoms with Gasteiger partial charge >= 0.3 is 6.16 Å². The van der Waals surface area contributed by atoms with Crippen LogP contribution in [0.5, 0.6) is 0 Å². The molecular weight excluding hydrogens is 448 g/mol. The molecule has 0 amide bonds. The van der Waals surface area contributed by atoms with Crippen molar-refractivity contribution < 1.29 is 19.1 Å². The van der Waals surface area contributed by atoms with Gasteiger partial charge in [-0.1, -0.05) is 64.4 Å². The summed E-state index contributed by atoms with van der Waals surface area (Å²) in [4.78, 5) is 24.4. The minimum absolute atomic E-state index is 0.0726. The maximum Gasteiger partial charge on any atom is 0.508 e. The summed E-state index contributed by atoms with van der Waals surface area (Å²) in [6, 6.07) is 0. The quantitative estimate of drug-likeness (QED) is 0.176. The van der Waals surface area contributed by atoms with Crippen molar-refractivity contribution in [3.63, 3.8) is 0 Å². The fourth-order valence-electron chi connectivity index (χ4n) is 7.89. The predicted octanol–water partition coefficient (Wildman–Crippen LogP) is 8.01. The topological polar surface area (TPSA) is 52.6 Å². The fraction of sp³-hybridized carbons (Fsp3) is 0.862. The van der Waals surface area contributed by atoms with Crippen LogP contribution in [0.2, 0.25) is 0 Å². The van der Waals surface area contributed by atoms with Crippen LogP contribution in [0.4, 0.5) is 4.79 Å². The second-order valence-corrected chi connectivity index (χ2v) is 12.3. The van der Waals surface area contributed by atoms with E-state index in [9.17, 15) is 9.59 Å². The maximum absolute atomic E-state index is 12.5. The van der Waals surface area contributed by atoms with Crippen molar-refractivity contribution in [3.8, 4) is 0 Å². The lowest BCUT2D eigenvalue weighted by molar-refractivity contribution is -0.116. The predicted molar refractivity (Wildman–Crippen MR) is 136 cm³/mol. The lowest BCUT2D eigenvalue weighted by Gasteiger charge is -2.55. The van der Waals surface area contributed by atoms with Gasteiger partial charge in [0.15, 0.2) is 5.78 Å². The average Bonchev–Trinajstić information content (AvgIpc) is 3.12. The molecule has 0 aromatic carbocycles. The molecule has 7 atom stereocenters. The van der Waals surface area contributed by atoms with Crippen LogP contribution in [0, 0.1) is 29.1 Å². The van der Waals surface area contributed by atoms with E-state index in [1.54, 1.807) is 0 Å². The lowest BCUT2D eigenvalue weighted by Crippen LogP contribution is -2.53. The Morgan fingerprint density at radius 3 is 2.53 bits per heavy atom. The average molecular weight is 493 g/mol. The van der Waals surface area contributed by atoms with Crippen LogP contribution in [0.15, 0.2) is 11.6 Å². The number of hydrogen-bond acceptors (Lipinski definition) is 4. The molecule has 0 aliphatic heterocycles. The molecule has 3 saturated carbocycles. The number of alkyl halides is 1. The van der Waals surface area contributed by atoms with Gasteiger partial charge in [-0.3, -0.25) is 4.79 Å². The Labute approximate surface area is 211 Å². The summed E-state index contributed by atoms with van der Waals surface area (Å²) in [6.07, 6.45) is 17.8. The molecule has 0 saturated heterocycles. The van der Waals surface area contributed by atoms with Gasteiger partial charge in [-0.2, -0.15) is 0 Å². The number of unbranched alkanes of at least 4 members (excludes halogenated alkanes) is 7. The van der Waals surface area contributed by atoms with Crippen LogP contribution < -0.4 is 0 Å². The van der Waals surface area contributed by atoms with E-state index < -0.39 is 6.16 Å². The smallest absolute Gasteiger partial charge is 0.434 e. The molecule has 3 fully saturated rings. The summed E-state index contributed by atoms with van der Waals surface area (Å²) in [5.74, 6) is 2.33. The van der Waals surface area contributed by atoms with Gasteiger partial charge in [0.1, 0.15) is 6.10 Å². The van der Waals surface area contributed by atoms with Crippen LogP contribution in [-0.2, 0) is 14.3 Å². The largest absolute Gasteiger partial charge is 0.508 e. The Morgan fingerprint density at radius 1 is 1.03 bits per heavy atom. The molecule has 0 bridgehead atoms. The Hall–Kier alpha value is -1.03. The number of halogens is 1. The monoisotopic (exact) mass is 492 g/mol. The second kappa shape index (κ2) is 11.8. The minimum Gasteiger partial charge on any atom is -0.434 e. The molecule has 0 unspecified atom stereocenters. The molecule has 0 radical (unpaired) electrons. The number of ether oxygens (including phenoxy) is 2. The zero-order valence-electron chi connectivity index (χ0n) is 21.4. The molecule has 4 nitrogen and oxygen atoms in total. The highest BCUT2D eigenvalue weighted by Gasteiger charge is 2.60. The summed E-state index contributed by atoms with van der Waals surface area (Å²) in [5.41, 5.74) is 1.28. The van der Waals surface area contributed by atoms with E-state index in [1.165, 1.54) is 44.1 Å². The van der Waals surface area contributed by atoms with Crippen LogP contribution in [0.3, 0.4) is 0 Å². The molecule has 0 aromatic heterocycles. The van der Waals surface area contributed by atoms with Gasteiger partial charge in [-0.25, -0.2) is 4.79 Å². The van der Waals surface area contributed by atoms with Crippen molar-refractivity contribution in [2.75, 3.05) is 6.61 Å². The number of fused-ring (bicyclic) bond motifs is 5. The highest BCUT2D eigenvalue weighted by atomic mass is 35.5. The van der Waals surface area contributed by atoms with Gasteiger partial charge in [0, 0.05) is 17.2 Å². The number of carbonyl (C=O) groups is 2. The SMILES string of the molecule is CCCCCCCCCCOC(=O)O[C@H]1CC[C@H]2[C@@H]3CCC4=CC(=O)CC[C@@H]4[C@H]3[C@@H](Cl)C[C@]12C. The number of ketones is 1. The van der Waals surface area contributed by atoms with E-state index in [0.717, 1.165) is 51.4 Å². The minimum atomic E-state index is -0.497.